The lowest BCUT2D eigenvalue weighted by molar-refractivity contribution is 0.142. The normalized spacial score (nSPS) is 14.7. The fourth-order valence-electron chi connectivity index (χ4n) is 2.60. The summed E-state index contributed by atoms with van der Waals surface area (Å²) < 4.78 is 1.24. The molecule has 4 rings (SSSR count). The molecule has 9 heteroatoms. The first-order valence-electron chi connectivity index (χ1n) is 6.96. The van der Waals surface area contributed by atoms with Gasteiger partial charge in [0.05, 0.1) is 23.7 Å². The van der Waals surface area contributed by atoms with E-state index < -0.39 is 0 Å². The van der Waals surface area contributed by atoms with Crippen molar-refractivity contribution in [1.29, 1.82) is 5.26 Å². The predicted octanol–water partition coefficient (Wildman–Crippen LogP) is 0.538. The predicted molar refractivity (Wildman–Crippen MR) is 79.4 cm³/mol. The van der Waals surface area contributed by atoms with Crippen LogP contribution in [-0.2, 0) is 0 Å². The van der Waals surface area contributed by atoms with Gasteiger partial charge < -0.3 is 9.88 Å². The van der Waals surface area contributed by atoms with E-state index in [-0.39, 0.29) is 17.6 Å². The molecule has 2 N–H and O–H groups in total. The first-order valence-corrected chi connectivity index (χ1v) is 6.96. The van der Waals surface area contributed by atoms with E-state index in [1.54, 1.807) is 29.6 Å². The van der Waals surface area contributed by atoms with E-state index in [4.69, 9.17) is 5.26 Å². The summed E-state index contributed by atoms with van der Waals surface area (Å²) in [7, 11) is 0. The van der Waals surface area contributed by atoms with Crippen LogP contribution in [0.15, 0.2) is 29.5 Å². The monoisotopic (exact) mass is 309 g/mol. The first kappa shape index (κ1) is 13.3. The van der Waals surface area contributed by atoms with Crippen molar-refractivity contribution in [3.63, 3.8) is 0 Å². The number of pyridine rings is 1. The molecular weight excluding hydrogens is 298 g/mol. The number of fused-ring (bicyclic) bond motifs is 1. The fraction of sp³-hybridized carbons (Fsp3) is 0.214. The average molecular weight is 309 g/mol. The molecule has 1 fully saturated rings. The molecule has 1 aliphatic heterocycles. The molecule has 0 bridgehead atoms. The lowest BCUT2D eigenvalue weighted by Gasteiger charge is -2.34. The van der Waals surface area contributed by atoms with E-state index in [0.29, 0.717) is 29.8 Å². The van der Waals surface area contributed by atoms with Gasteiger partial charge in [-0.3, -0.25) is 4.98 Å². The Hall–Kier alpha value is -3.41. The van der Waals surface area contributed by atoms with Crippen LogP contribution in [0.3, 0.4) is 0 Å². The van der Waals surface area contributed by atoms with Crippen LogP contribution in [-0.4, -0.2) is 48.8 Å². The highest BCUT2D eigenvalue weighted by atomic mass is 16.2. The molecule has 0 saturated carbocycles. The second kappa shape index (κ2) is 4.81. The van der Waals surface area contributed by atoms with Gasteiger partial charge in [-0.15, -0.1) is 0 Å². The molecule has 4 heterocycles. The number of nitrogens with zero attached hydrogens (tertiary/aromatic N) is 5. The van der Waals surface area contributed by atoms with Crippen molar-refractivity contribution in [2.24, 2.45) is 5.92 Å². The minimum Gasteiger partial charge on any atom is -0.320 e. The summed E-state index contributed by atoms with van der Waals surface area (Å²) in [6.07, 6.45) is 4.73. The summed E-state index contributed by atoms with van der Waals surface area (Å²) in [4.78, 5) is 34.6. The molecule has 0 unspecified atom stereocenters. The van der Waals surface area contributed by atoms with Crippen LogP contribution in [0, 0.1) is 17.2 Å². The van der Waals surface area contributed by atoms with Crippen molar-refractivity contribution in [1.82, 2.24) is 29.6 Å². The number of nitrogens with one attached hydrogen (secondary N) is 2. The molecule has 114 valence electrons. The van der Waals surface area contributed by atoms with Crippen molar-refractivity contribution in [2.45, 2.75) is 0 Å². The molecule has 1 amide bonds. The van der Waals surface area contributed by atoms with E-state index in [2.05, 4.69) is 26.1 Å². The minimum atomic E-state index is -0.341. The number of amides is 1. The van der Waals surface area contributed by atoms with Crippen LogP contribution in [0.2, 0.25) is 0 Å². The molecule has 1 aliphatic rings. The zero-order chi connectivity index (χ0) is 16.0. The standard InChI is InChI=1S/C14H11N7O2/c15-3-8-5-20(6-8)14(23)21-7-9(4-17-21)10-1-2-16-12-11(10)18-13(22)19-12/h1-2,4,7-8H,5-6H2,(H2,16,18,19,22). The second-order valence-corrected chi connectivity index (χ2v) is 5.35. The van der Waals surface area contributed by atoms with Crippen LogP contribution >= 0.6 is 0 Å². The lowest BCUT2D eigenvalue weighted by atomic mass is 10.0. The van der Waals surface area contributed by atoms with Crippen LogP contribution < -0.4 is 5.69 Å². The van der Waals surface area contributed by atoms with Crippen molar-refractivity contribution in [2.75, 3.05) is 13.1 Å². The maximum absolute atomic E-state index is 12.2. The van der Waals surface area contributed by atoms with Gasteiger partial charge in [0.1, 0.15) is 0 Å². The third kappa shape index (κ3) is 2.08. The van der Waals surface area contributed by atoms with Crippen LogP contribution in [0.5, 0.6) is 0 Å². The summed E-state index contributed by atoms with van der Waals surface area (Å²) in [6.45, 7) is 0.852. The first-order chi connectivity index (χ1) is 11.2. The van der Waals surface area contributed by atoms with E-state index in [9.17, 15) is 9.59 Å². The molecule has 0 radical (unpaired) electrons. The number of rotatable bonds is 1. The topological polar surface area (TPSA) is 123 Å². The van der Waals surface area contributed by atoms with Gasteiger partial charge in [-0.2, -0.15) is 15.0 Å². The lowest BCUT2D eigenvalue weighted by Crippen LogP contribution is -2.51. The van der Waals surface area contributed by atoms with Gasteiger partial charge >= 0.3 is 11.7 Å². The van der Waals surface area contributed by atoms with E-state index in [0.717, 1.165) is 5.56 Å². The molecule has 23 heavy (non-hydrogen) atoms. The summed E-state index contributed by atoms with van der Waals surface area (Å²) >= 11 is 0. The molecule has 0 atom stereocenters. The number of carbonyl (C=O) groups is 1. The van der Waals surface area contributed by atoms with Gasteiger partial charge in [0.15, 0.2) is 5.65 Å². The van der Waals surface area contributed by atoms with E-state index in [1.165, 1.54) is 4.68 Å². The Bertz CT molecular complexity index is 1000. The molecule has 0 aliphatic carbocycles. The summed E-state index contributed by atoms with van der Waals surface area (Å²) in [5, 5.41) is 12.8. The van der Waals surface area contributed by atoms with Crippen LogP contribution in [0.1, 0.15) is 0 Å². The van der Waals surface area contributed by atoms with E-state index in [1.807, 2.05) is 0 Å². The Labute approximate surface area is 129 Å². The number of aromatic nitrogens is 5. The van der Waals surface area contributed by atoms with E-state index >= 15 is 0 Å². The minimum absolute atomic E-state index is 0.0984. The van der Waals surface area contributed by atoms with Crippen molar-refractivity contribution >= 4 is 17.2 Å². The zero-order valence-corrected chi connectivity index (χ0v) is 11.9. The quantitative estimate of drug-likeness (QED) is 0.679. The SMILES string of the molecule is N#CC1CN(C(=O)n2cc(-c3ccnc4[nH]c(=O)[nH]c34)cn2)C1. The van der Waals surface area contributed by atoms with Gasteiger partial charge in [0.25, 0.3) is 0 Å². The van der Waals surface area contributed by atoms with Gasteiger partial charge in [-0.1, -0.05) is 0 Å². The maximum Gasteiger partial charge on any atom is 0.344 e. The number of aromatic amines is 2. The highest BCUT2D eigenvalue weighted by Gasteiger charge is 2.31. The van der Waals surface area contributed by atoms with Crippen molar-refractivity contribution in [3.8, 4) is 17.2 Å². The molecule has 3 aromatic rings. The third-order valence-electron chi connectivity index (χ3n) is 3.85. The second-order valence-electron chi connectivity index (χ2n) is 5.35. The Morgan fingerprint density at radius 3 is 3.00 bits per heavy atom. The number of imidazole rings is 1. The molecule has 0 aromatic carbocycles. The largest absolute Gasteiger partial charge is 0.344 e. The van der Waals surface area contributed by atoms with Gasteiger partial charge in [-0.25, -0.2) is 14.6 Å². The Morgan fingerprint density at radius 1 is 1.39 bits per heavy atom. The van der Waals surface area contributed by atoms with Crippen LogP contribution in [0.25, 0.3) is 22.3 Å². The van der Waals surface area contributed by atoms with Gasteiger partial charge in [-0.05, 0) is 6.07 Å². The number of hydrogen-bond acceptors (Lipinski definition) is 5. The number of carbonyl (C=O) groups excluding carboxylic acids is 1. The highest BCUT2D eigenvalue weighted by molar-refractivity contribution is 5.89. The Morgan fingerprint density at radius 2 is 2.22 bits per heavy atom. The van der Waals surface area contributed by atoms with Crippen molar-refractivity contribution in [3.05, 3.63) is 35.1 Å². The fourth-order valence-corrected chi connectivity index (χ4v) is 2.60. The zero-order valence-electron chi connectivity index (χ0n) is 11.9. The number of hydrogen-bond donors (Lipinski definition) is 2. The van der Waals surface area contributed by atoms with Gasteiger partial charge in [0, 0.05) is 36.6 Å². The number of likely N-dealkylation sites (tertiary alicyclic amines) is 1. The Kier molecular flexibility index (Phi) is 2.77. The molecule has 1 saturated heterocycles. The smallest absolute Gasteiger partial charge is 0.320 e. The number of H-pyrrole nitrogens is 2. The third-order valence-corrected chi connectivity index (χ3v) is 3.85. The molecule has 3 aromatic heterocycles. The molecule has 9 nitrogen and oxygen atoms in total. The molecule has 0 spiro atoms. The van der Waals surface area contributed by atoms with Crippen LogP contribution in [0.4, 0.5) is 4.79 Å². The average Bonchev–Trinajstić information content (AvgIpc) is 3.10. The highest BCUT2D eigenvalue weighted by Crippen LogP contribution is 2.24. The molecular formula is C14H11N7O2. The maximum atomic E-state index is 12.2. The summed E-state index contributed by atoms with van der Waals surface area (Å²) in [6, 6.07) is 3.60. The number of nitriles is 1. The summed E-state index contributed by atoms with van der Waals surface area (Å²) in [5.74, 6) is -0.0984. The van der Waals surface area contributed by atoms with Crippen molar-refractivity contribution < 1.29 is 4.79 Å². The van der Waals surface area contributed by atoms with Gasteiger partial charge in [0.2, 0.25) is 0 Å². The Balaban J connectivity index is 1.66. The summed E-state index contributed by atoms with van der Waals surface area (Å²) in [5.41, 5.74) is 2.10.